The van der Waals surface area contributed by atoms with E-state index >= 15 is 8.78 Å². The molecule has 3 aromatic rings. The number of carbonyl (C=O) groups is 2. The third kappa shape index (κ3) is 3.87. The number of fused-ring (bicyclic) bond motifs is 1. The van der Waals surface area contributed by atoms with Crippen LogP contribution in [0.5, 0.6) is 5.75 Å². The Bertz CT molecular complexity index is 1410. The maximum absolute atomic E-state index is 15.9. The molecule has 1 saturated carbocycles. The van der Waals surface area contributed by atoms with Gasteiger partial charge in [-0.15, -0.1) is 11.3 Å². The maximum Gasteiger partial charge on any atom is 0.331 e. The number of amides is 1. The van der Waals surface area contributed by atoms with Gasteiger partial charge in [0.05, 0.1) is 31.7 Å². The second-order valence-corrected chi connectivity index (χ2v) is 12.4. The molecule has 214 valence electrons. The highest BCUT2D eigenvalue weighted by Crippen LogP contribution is 2.74. The van der Waals surface area contributed by atoms with Crippen molar-refractivity contribution in [3.8, 4) is 5.75 Å². The van der Waals surface area contributed by atoms with Crippen LogP contribution in [0.3, 0.4) is 0 Å². The number of aromatic nitrogens is 3. The summed E-state index contributed by atoms with van der Waals surface area (Å²) in [5.74, 6) is -6.14. The highest BCUT2D eigenvalue weighted by molar-refractivity contribution is 7.09. The molecule has 4 unspecified atom stereocenters. The quantitative estimate of drug-likeness (QED) is 0.417. The SMILES string of the molecule is COCC12C(c3nccs3)N(C(=O)c3ccc(C(C)(C)C)c(OC)c3)C(Cn3cccn3)(C(=O)O)C1CC2(F)F. The molecule has 1 amide bonds. The summed E-state index contributed by atoms with van der Waals surface area (Å²) >= 11 is 1.10. The molecule has 4 atom stereocenters. The van der Waals surface area contributed by atoms with E-state index in [-0.39, 0.29) is 22.5 Å². The van der Waals surface area contributed by atoms with E-state index in [0.717, 1.165) is 21.8 Å². The second kappa shape index (κ2) is 9.62. The lowest BCUT2D eigenvalue weighted by atomic mass is 9.51. The molecule has 9 nitrogen and oxygen atoms in total. The van der Waals surface area contributed by atoms with Crippen LogP contribution in [0.4, 0.5) is 8.78 Å². The fourth-order valence-corrected chi connectivity index (χ4v) is 7.45. The van der Waals surface area contributed by atoms with Crippen LogP contribution in [0, 0.1) is 11.3 Å². The van der Waals surface area contributed by atoms with Crippen molar-refractivity contribution in [1.29, 1.82) is 0 Å². The Labute approximate surface area is 234 Å². The molecular formula is C28H32F2N4O5S. The standard InChI is InChI=1S/C28H32F2N4O5S/c1-25(2,3)18-8-7-17(13-19(18)39-5)23(35)34-21(22-31-10-12-40-22)26(16-38-4)20(14-28(26,29)30)27(34,24(36)37)15-33-11-6-9-32-33/h6-13,20-21H,14-16H2,1-5H3,(H,36,37). The smallest absolute Gasteiger partial charge is 0.331 e. The van der Waals surface area contributed by atoms with Crippen LogP contribution < -0.4 is 4.74 Å². The second-order valence-electron chi connectivity index (χ2n) is 11.5. The number of methoxy groups -OCH3 is 2. The summed E-state index contributed by atoms with van der Waals surface area (Å²) in [6.45, 7) is 5.21. The van der Waals surface area contributed by atoms with Gasteiger partial charge in [0.2, 0.25) is 0 Å². The number of nitrogens with zero attached hydrogens (tertiary/aromatic N) is 4. The summed E-state index contributed by atoms with van der Waals surface area (Å²) in [6.07, 6.45) is 3.77. The van der Waals surface area contributed by atoms with E-state index in [4.69, 9.17) is 9.47 Å². The summed E-state index contributed by atoms with van der Waals surface area (Å²) in [6, 6.07) is 5.14. The molecule has 12 heteroatoms. The van der Waals surface area contributed by atoms with Gasteiger partial charge in [-0.1, -0.05) is 26.8 Å². The van der Waals surface area contributed by atoms with E-state index in [2.05, 4.69) is 10.1 Å². The van der Waals surface area contributed by atoms with E-state index < -0.39 is 53.7 Å². The number of likely N-dealkylation sites (tertiary alicyclic amines) is 1. The molecule has 2 aromatic heterocycles. The molecule has 1 saturated heterocycles. The van der Waals surface area contributed by atoms with Gasteiger partial charge >= 0.3 is 5.97 Å². The zero-order chi connectivity index (χ0) is 29.1. The number of hydrogen-bond donors (Lipinski definition) is 1. The summed E-state index contributed by atoms with van der Waals surface area (Å²) < 4.78 is 44.2. The molecule has 1 aliphatic carbocycles. The van der Waals surface area contributed by atoms with Crippen LogP contribution in [-0.4, -0.2) is 68.9 Å². The Morgan fingerprint density at radius 1 is 1.23 bits per heavy atom. The van der Waals surface area contributed by atoms with Crippen molar-refractivity contribution >= 4 is 23.2 Å². The van der Waals surface area contributed by atoms with E-state index in [9.17, 15) is 14.7 Å². The number of carboxylic acid groups (broad SMARTS) is 1. The van der Waals surface area contributed by atoms with Gasteiger partial charge in [0.25, 0.3) is 11.8 Å². The van der Waals surface area contributed by atoms with E-state index in [1.807, 2.05) is 20.8 Å². The summed E-state index contributed by atoms with van der Waals surface area (Å²) in [5, 5.41) is 16.9. The molecule has 0 spiro atoms. The van der Waals surface area contributed by atoms with Gasteiger partial charge in [0.1, 0.15) is 10.8 Å². The third-order valence-electron chi connectivity index (χ3n) is 8.39. The highest BCUT2D eigenvalue weighted by atomic mass is 32.1. The first kappa shape index (κ1) is 28.2. The van der Waals surface area contributed by atoms with Crippen LogP contribution in [0.1, 0.15) is 54.2 Å². The molecule has 0 radical (unpaired) electrons. The van der Waals surface area contributed by atoms with E-state index in [1.165, 1.54) is 31.3 Å². The number of halogens is 2. The molecule has 2 aliphatic rings. The van der Waals surface area contributed by atoms with Gasteiger partial charge in [-0.25, -0.2) is 18.6 Å². The van der Waals surface area contributed by atoms with Crippen molar-refractivity contribution in [3.05, 3.63) is 64.4 Å². The lowest BCUT2D eigenvalue weighted by Crippen LogP contribution is -2.67. The maximum atomic E-state index is 15.9. The Kier molecular flexibility index (Phi) is 6.77. The molecule has 3 heterocycles. The van der Waals surface area contributed by atoms with Gasteiger partial charge in [-0.3, -0.25) is 9.48 Å². The van der Waals surface area contributed by atoms with Gasteiger partial charge in [0.15, 0.2) is 5.54 Å². The number of carboxylic acids is 1. The van der Waals surface area contributed by atoms with Crippen molar-refractivity contribution in [2.24, 2.45) is 11.3 Å². The van der Waals surface area contributed by atoms with E-state index in [1.54, 1.807) is 35.8 Å². The molecule has 1 aliphatic heterocycles. The molecule has 2 fully saturated rings. The number of hydrogen-bond acceptors (Lipinski definition) is 7. The average Bonchev–Trinajstić information content (AvgIpc) is 3.64. The predicted molar refractivity (Wildman–Crippen MR) is 143 cm³/mol. The first-order chi connectivity index (χ1) is 18.8. The van der Waals surface area contributed by atoms with Crippen LogP contribution in [-0.2, 0) is 21.5 Å². The number of aliphatic carboxylic acids is 1. The molecule has 1 N–H and O–H groups in total. The van der Waals surface area contributed by atoms with Crippen LogP contribution >= 0.6 is 11.3 Å². The summed E-state index contributed by atoms with van der Waals surface area (Å²) in [7, 11) is 2.79. The topological polar surface area (TPSA) is 107 Å². The normalized spacial score (nSPS) is 27.2. The van der Waals surface area contributed by atoms with Crippen LogP contribution in [0.25, 0.3) is 0 Å². The number of alkyl halides is 2. The highest BCUT2D eigenvalue weighted by Gasteiger charge is 2.85. The predicted octanol–water partition coefficient (Wildman–Crippen LogP) is 4.65. The molecular weight excluding hydrogens is 542 g/mol. The number of rotatable bonds is 8. The van der Waals surface area contributed by atoms with Crippen molar-refractivity contribution in [3.63, 3.8) is 0 Å². The average molecular weight is 575 g/mol. The van der Waals surface area contributed by atoms with Gasteiger partial charge in [-0.05, 0) is 29.2 Å². The fraction of sp³-hybridized carbons (Fsp3) is 0.500. The fourth-order valence-electron chi connectivity index (χ4n) is 6.62. The van der Waals surface area contributed by atoms with Crippen molar-refractivity contribution in [2.45, 2.75) is 56.7 Å². The minimum absolute atomic E-state index is 0.120. The van der Waals surface area contributed by atoms with Crippen molar-refractivity contribution in [1.82, 2.24) is 19.7 Å². The monoisotopic (exact) mass is 574 g/mol. The Balaban J connectivity index is 1.78. The van der Waals surface area contributed by atoms with Crippen molar-refractivity contribution < 1.29 is 33.0 Å². The number of thiazole rings is 1. The van der Waals surface area contributed by atoms with Gasteiger partial charge < -0.3 is 19.5 Å². The Morgan fingerprint density at radius 3 is 2.50 bits per heavy atom. The Morgan fingerprint density at radius 2 is 1.98 bits per heavy atom. The minimum Gasteiger partial charge on any atom is -0.496 e. The third-order valence-corrected chi connectivity index (χ3v) is 9.22. The summed E-state index contributed by atoms with van der Waals surface area (Å²) in [4.78, 5) is 33.4. The zero-order valence-corrected chi connectivity index (χ0v) is 23.7. The number of ether oxygens (including phenoxy) is 2. The molecule has 1 aromatic carbocycles. The number of carbonyl (C=O) groups excluding carboxylic acids is 1. The number of benzene rings is 1. The van der Waals surface area contributed by atoms with Crippen LogP contribution in [0.15, 0.2) is 48.2 Å². The summed E-state index contributed by atoms with van der Waals surface area (Å²) in [5.41, 5.74) is -3.44. The zero-order valence-electron chi connectivity index (χ0n) is 22.9. The first-order valence-corrected chi connectivity index (χ1v) is 13.7. The molecule has 0 bridgehead atoms. The lowest BCUT2D eigenvalue weighted by Gasteiger charge is -2.54. The molecule has 5 rings (SSSR count). The lowest BCUT2D eigenvalue weighted by molar-refractivity contribution is -0.264. The first-order valence-electron chi connectivity index (χ1n) is 12.8. The van der Waals surface area contributed by atoms with Crippen molar-refractivity contribution in [2.75, 3.05) is 20.8 Å². The Hall–Kier alpha value is -3.38. The van der Waals surface area contributed by atoms with Gasteiger partial charge in [-0.2, -0.15) is 5.10 Å². The molecule has 40 heavy (non-hydrogen) atoms. The minimum atomic E-state index is -3.32. The van der Waals surface area contributed by atoms with Gasteiger partial charge in [0, 0.05) is 49.0 Å². The van der Waals surface area contributed by atoms with Crippen LogP contribution in [0.2, 0.25) is 0 Å². The largest absolute Gasteiger partial charge is 0.496 e. The van der Waals surface area contributed by atoms with E-state index in [0.29, 0.717) is 5.75 Å².